The number of benzene rings is 6. The normalized spacial score (nSPS) is 10.2. The summed E-state index contributed by atoms with van der Waals surface area (Å²) in [6, 6.07) is 49.9. The molecule has 0 bridgehead atoms. The third kappa shape index (κ3) is 32.4. The number of ether oxygens (including phenoxy) is 4. The fraction of sp³-hybridized carbons (Fsp3) is 0.241. The van der Waals surface area contributed by atoms with E-state index in [9.17, 15) is 25.8 Å². The number of anilines is 1. The van der Waals surface area contributed by atoms with Gasteiger partial charge in [0.15, 0.2) is 5.34 Å². The van der Waals surface area contributed by atoms with Crippen LogP contribution in [0.25, 0.3) is 79.6 Å². The Kier molecular flexibility index (Phi) is 48.0. The third-order valence-corrected chi connectivity index (χ3v) is 23.1. The summed E-state index contributed by atoms with van der Waals surface area (Å²) in [5, 5.41) is 96.1. The molecule has 0 unspecified atom stereocenters. The second-order valence-electron chi connectivity index (χ2n) is 25.2. The summed E-state index contributed by atoms with van der Waals surface area (Å²) in [5.74, 6) is 3.86. The zero-order valence-corrected chi connectivity index (χ0v) is 76.6. The summed E-state index contributed by atoms with van der Waals surface area (Å²) in [6.45, 7) is 28.1. The molecule has 0 radical (unpaired) electrons. The summed E-state index contributed by atoms with van der Waals surface area (Å²) in [4.78, 5) is 51.6. The van der Waals surface area contributed by atoms with Gasteiger partial charge in [0.05, 0.1) is 79.9 Å². The van der Waals surface area contributed by atoms with Crippen molar-refractivity contribution in [3.63, 3.8) is 0 Å². The SMILES string of the molecule is C.CC(C)CCON=O.OCCCO.[C-]#[N+]c1c(Cl)nc(SCc2csc(-c3ccc(Cl)cc3)n2)c(C#N)c1-c1ccc(OCCO)cc1.[C-]#[N+]c1c(N)nc(SCc2csc(-c3ccc(Cl)cc3)n2)c(C#N)c1-c1ccc(OCCO)cc1.[C-]#[N+]c1c(OCCCO)nc(SCc2csc(-c3ccc(Cl)cc3)n2)c(C#N)c1-c1ccc(OCCO)cc1.[Cl][Cu][Cl]. The number of nitriles is 3. The molecule has 659 valence electrons. The van der Waals surface area contributed by atoms with Gasteiger partial charge in [0.25, 0.3) is 5.69 Å². The van der Waals surface area contributed by atoms with Crippen molar-refractivity contribution in [3.8, 4) is 106 Å². The predicted octanol–water partition coefficient (Wildman–Crippen LogP) is 22.9. The van der Waals surface area contributed by atoms with E-state index in [1.807, 2.05) is 88.9 Å². The van der Waals surface area contributed by atoms with Gasteiger partial charge in [0.1, 0.15) is 103 Å². The van der Waals surface area contributed by atoms with E-state index in [0.29, 0.717) is 123 Å². The summed E-state index contributed by atoms with van der Waals surface area (Å²) in [6.07, 6.45) is 1.77. The van der Waals surface area contributed by atoms with Crippen molar-refractivity contribution < 1.29 is 67.6 Å². The summed E-state index contributed by atoms with van der Waals surface area (Å²) in [5.41, 5.74) is 16.0. The van der Waals surface area contributed by atoms with E-state index >= 15 is 0 Å². The third-order valence-electron chi connectivity index (χ3n) is 16.2. The van der Waals surface area contributed by atoms with Crippen LogP contribution in [0, 0.1) is 64.5 Å². The number of aromatic nitrogens is 6. The second kappa shape index (κ2) is 57.7. The Morgan fingerprint density at radius 3 is 1.09 bits per heavy atom. The van der Waals surface area contributed by atoms with Crippen LogP contribution in [0.5, 0.6) is 23.1 Å². The molecule has 39 heteroatoms. The zero-order valence-electron chi connectivity index (χ0n) is 66.2. The van der Waals surface area contributed by atoms with E-state index in [2.05, 4.69) is 102 Å². The minimum absolute atomic E-state index is 0. The topological polar surface area (TPSA) is 385 Å². The first kappa shape index (κ1) is 105. The molecule has 12 aromatic rings. The quantitative estimate of drug-likeness (QED) is 0.00374. The number of nitrogens with zero attached hydrogens (tertiary/aromatic N) is 13. The fourth-order valence-corrected chi connectivity index (χ4v) is 16.6. The Morgan fingerprint density at radius 2 is 0.778 bits per heavy atom. The van der Waals surface area contributed by atoms with Crippen molar-refractivity contribution in [1.29, 1.82) is 15.8 Å². The molecule has 0 fully saturated rings. The number of thioether (sulfide) groups is 3. The number of aliphatic hydroxyl groups is 6. The number of halogens is 6. The average molecular weight is 1980 g/mol. The van der Waals surface area contributed by atoms with Crippen LogP contribution < -0.4 is 24.7 Å². The molecular formula is C87H80Cl6CuN14O12S6. The van der Waals surface area contributed by atoms with Gasteiger partial charge in [-0.3, -0.25) is 0 Å². The summed E-state index contributed by atoms with van der Waals surface area (Å²) in [7, 11) is 9.34. The molecule has 0 amide bonds. The van der Waals surface area contributed by atoms with Crippen LogP contribution in [-0.4, -0.2) is 133 Å². The van der Waals surface area contributed by atoms with Gasteiger partial charge in [-0.2, -0.15) is 15.8 Å². The molecule has 0 saturated carbocycles. The standard InChI is InChI=1S/C28H23ClN4O4S2.C25H16Cl2N4O2S2.C25H18ClN5O2S2.C5H11NO2.C3H8O2.CH4.2ClH.Cu/c1-31-25-24(18-5-9-22(10-6-18)36-14-12-35)23(15-30)28(33-26(25)37-13-2-11-34)39-17-21-16-38-27(32-21)19-3-7-20(29)8-4-19;1-29-22-21(15-4-8-19(9-5-15)33-11-10-32)20(12-28)25(31-23(22)27)35-14-18-13-34-24(30-18)16-2-6-17(26)7-3-16;1-29-22-21(15-4-8-19(9-5-15)33-11-10-32)20(12-27)25(31-23(22)28)35-14-18-13-34-24(30-18)16-2-6-17(26)7-3-16;1-5(2)3-4-8-6-7;4-2-1-3-5;;;;/h3-10,16,34-35H,2,11-14,17H2;2-9,13,32H,10-11,14H2;2-9,13,32H,10-11,14H2,(H2,28,31);5H,3-4H2,1-2H3;4-5H,1-3H2;1H4;2*1H;/q;;;;;;;;+2/p-2. The molecule has 0 aliphatic heterocycles. The molecular weight excluding hydrogens is 1900 g/mol. The van der Waals surface area contributed by atoms with E-state index in [1.165, 1.54) is 69.3 Å². The van der Waals surface area contributed by atoms with Crippen LogP contribution in [0.3, 0.4) is 0 Å². The maximum absolute atomic E-state index is 10.2. The molecule has 26 nitrogen and oxygen atoms in total. The first-order valence-corrected chi connectivity index (χ1v) is 46.7. The number of nitrogens with two attached hydrogens (primary N) is 1. The Labute approximate surface area is 788 Å². The minimum atomic E-state index is -0.109. The van der Waals surface area contributed by atoms with E-state index < -0.39 is 0 Å². The molecule has 0 spiro atoms. The molecule has 0 aliphatic rings. The number of thiazole rings is 3. The predicted molar refractivity (Wildman–Crippen MR) is 501 cm³/mol. The van der Waals surface area contributed by atoms with Crippen molar-refractivity contribution in [2.45, 2.75) is 72.9 Å². The van der Waals surface area contributed by atoms with Crippen molar-refractivity contribution in [2.75, 3.05) is 78.4 Å². The van der Waals surface area contributed by atoms with Crippen LogP contribution in [0.15, 0.2) is 182 Å². The van der Waals surface area contributed by atoms with Gasteiger partial charge in [-0.05, 0) is 108 Å². The Balaban J connectivity index is 0.000000267. The van der Waals surface area contributed by atoms with Crippen LogP contribution in [-0.2, 0) is 35.2 Å². The van der Waals surface area contributed by atoms with Crippen molar-refractivity contribution in [3.05, 3.63) is 255 Å². The Hall–Kier alpha value is -9.93. The number of rotatable bonds is 34. The Bertz CT molecular complexity index is 5480. The van der Waals surface area contributed by atoms with Gasteiger partial charge < -0.3 is 60.2 Å². The molecule has 0 atom stereocenters. The van der Waals surface area contributed by atoms with Gasteiger partial charge >= 0.3 is 33.3 Å². The first-order chi connectivity index (χ1) is 60.7. The van der Waals surface area contributed by atoms with E-state index in [1.54, 1.807) is 72.8 Å². The molecule has 126 heavy (non-hydrogen) atoms. The first-order valence-electron chi connectivity index (χ1n) is 37.0. The fourth-order valence-electron chi connectivity index (χ4n) is 10.5. The number of hydrogen-bond acceptors (Lipinski definition) is 29. The van der Waals surface area contributed by atoms with Crippen LogP contribution >= 0.6 is 136 Å². The van der Waals surface area contributed by atoms with Gasteiger partial charge in [-0.1, -0.05) is 176 Å². The number of aliphatic hydroxyl groups excluding tert-OH is 6. The molecule has 0 aliphatic carbocycles. The average Bonchev–Trinajstić information content (AvgIpc) is 0.929. The van der Waals surface area contributed by atoms with Gasteiger partial charge in [0, 0.05) is 108 Å². The zero-order chi connectivity index (χ0) is 90.4. The number of hydrogen-bond donors (Lipinski definition) is 7. The molecule has 6 aromatic heterocycles. The number of nitrogen functional groups attached to an aromatic ring is 1. The van der Waals surface area contributed by atoms with Crippen LogP contribution in [0.1, 0.15) is 74.3 Å². The van der Waals surface area contributed by atoms with Crippen molar-refractivity contribution in [2.24, 2.45) is 11.3 Å². The monoisotopic (exact) mass is 1980 g/mol. The van der Waals surface area contributed by atoms with E-state index in [0.717, 1.165) is 68.3 Å². The molecule has 6 aromatic carbocycles. The van der Waals surface area contributed by atoms with Crippen molar-refractivity contribution >= 4 is 159 Å². The summed E-state index contributed by atoms with van der Waals surface area (Å²) < 4.78 is 22.0. The Morgan fingerprint density at radius 1 is 0.452 bits per heavy atom. The second-order valence-corrected chi connectivity index (χ2v) is 33.9. The van der Waals surface area contributed by atoms with Gasteiger partial charge in [-0.25, -0.2) is 44.4 Å². The van der Waals surface area contributed by atoms with E-state index in [4.69, 9.17) is 121 Å². The van der Waals surface area contributed by atoms with Crippen LogP contribution in [0.4, 0.5) is 22.9 Å². The van der Waals surface area contributed by atoms with Crippen molar-refractivity contribution in [1.82, 2.24) is 29.9 Å². The van der Waals surface area contributed by atoms with Gasteiger partial charge in [0.2, 0.25) is 17.3 Å². The maximum atomic E-state index is 10.2. The van der Waals surface area contributed by atoms with Gasteiger partial charge in [-0.15, -0.1) is 38.9 Å². The van der Waals surface area contributed by atoms with Crippen LogP contribution in [0.2, 0.25) is 20.2 Å². The summed E-state index contributed by atoms with van der Waals surface area (Å²) >= 11 is 33.7. The molecule has 12 rings (SSSR count). The molecule has 0 saturated heterocycles. The molecule has 8 N–H and O–H groups in total. The van der Waals surface area contributed by atoms with E-state index in [-0.39, 0.29) is 124 Å². The number of pyridine rings is 3. The molecule has 6 heterocycles.